The van der Waals surface area contributed by atoms with Crippen LogP contribution >= 0.6 is 0 Å². The Morgan fingerprint density at radius 2 is 2.07 bits per heavy atom. The Balaban J connectivity index is 2.16. The standard InChI is InChI=1S/C17H17F4N5O/c18-13(1-2-22)9-25-10-23-16-14(11-7-24-26(8-11)3-4-27)5-12(6-15(16)25)17(19,20)21/h1,5-8,10,27H,2-4,9,22H2. The van der Waals surface area contributed by atoms with Crippen molar-refractivity contribution < 1.29 is 22.7 Å². The van der Waals surface area contributed by atoms with Gasteiger partial charge in [0.1, 0.15) is 5.83 Å². The highest BCUT2D eigenvalue weighted by molar-refractivity contribution is 5.92. The molecule has 10 heteroatoms. The molecule has 0 saturated carbocycles. The van der Waals surface area contributed by atoms with Crippen LogP contribution in [0.15, 0.2) is 42.8 Å². The van der Waals surface area contributed by atoms with Gasteiger partial charge in [-0.3, -0.25) is 4.68 Å². The number of hydrogen-bond acceptors (Lipinski definition) is 4. The molecule has 0 atom stereocenters. The molecule has 0 radical (unpaired) electrons. The zero-order chi connectivity index (χ0) is 19.6. The van der Waals surface area contributed by atoms with Crippen molar-refractivity contribution in [1.29, 1.82) is 0 Å². The van der Waals surface area contributed by atoms with Crippen LogP contribution in [0.2, 0.25) is 0 Å². The zero-order valence-corrected chi connectivity index (χ0v) is 14.1. The number of aromatic nitrogens is 4. The molecule has 3 N–H and O–H groups in total. The van der Waals surface area contributed by atoms with E-state index in [9.17, 15) is 17.6 Å². The zero-order valence-electron chi connectivity index (χ0n) is 14.1. The molecule has 0 aliphatic rings. The molecule has 0 saturated heterocycles. The summed E-state index contributed by atoms with van der Waals surface area (Å²) in [6.45, 7) is -0.216. The first-order chi connectivity index (χ1) is 12.8. The van der Waals surface area contributed by atoms with Gasteiger partial charge in [-0.2, -0.15) is 18.3 Å². The molecule has 0 fully saturated rings. The lowest BCUT2D eigenvalue weighted by Crippen LogP contribution is -2.06. The summed E-state index contributed by atoms with van der Waals surface area (Å²) in [5, 5.41) is 13.0. The van der Waals surface area contributed by atoms with Crippen LogP contribution in [0.25, 0.3) is 22.2 Å². The van der Waals surface area contributed by atoms with Crippen LogP contribution in [-0.2, 0) is 19.3 Å². The maximum atomic E-state index is 13.8. The molecule has 2 heterocycles. The van der Waals surface area contributed by atoms with Gasteiger partial charge in [-0.25, -0.2) is 9.37 Å². The third kappa shape index (κ3) is 4.01. The molecular formula is C17H17F4N5O. The summed E-state index contributed by atoms with van der Waals surface area (Å²) in [6.07, 6.45) is 0.790. The number of benzene rings is 1. The van der Waals surface area contributed by atoms with Crippen LogP contribution in [0.4, 0.5) is 17.6 Å². The second-order valence-electron chi connectivity index (χ2n) is 5.86. The number of aliphatic hydroxyl groups is 1. The summed E-state index contributed by atoms with van der Waals surface area (Å²) in [7, 11) is 0. The van der Waals surface area contributed by atoms with E-state index in [1.54, 1.807) is 0 Å². The van der Waals surface area contributed by atoms with E-state index in [4.69, 9.17) is 10.8 Å². The van der Waals surface area contributed by atoms with Crippen molar-refractivity contribution in [3.8, 4) is 11.1 Å². The van der Waals surface area contributed by atoms with Crippen LogP contribution in [0.1, 0.15) is 5.56 Å². The lowest BCUT2D eigenvalue weighted by Gasteiger charge is -2.11. The summed E-state index contributed by atoms with van der Waals surface area (Å²) in [4.78, 5) is 4.17. The van der Waals surface area contributed by atoms with Crippen molar-refractivity contribution in [2.24, 2.45) is 5.73 Å². The highest BCUT2D eigenvalue weighted by Gasteiger charge is 2.32. The summed E-state index contributed by atoms with van der Waals surface area (Å²) in [5.74, 6) is -0.563. The van der Waals surface area contributed by atoms with Gasteiger partial charge < -0.3 is 15.4 Å². The molecule has 2 aromatic heterocycles. The topological polar surface area (TPSA) is 81.9 Å². The number of allylic oxidation sites excluding steroid dienone is 1. The minimum absolute atomic E-state index is 0.0123. The minimum Gasteiger partial charge on any atom is -0.394 e. The second-order valence-corrected chi connectivity index (χ2v) is 5.86. The molecule has 144 valence electrons. The number of imidazole rings is 1. The average Bonchev–Trinajstić information content (AvgIpc) is 3.21. The Morgan fingerprint density at radius 3 is 2.74 bits per heavy atom. The van der Waals surface area contributed by atoms with Crippen LogP contribution in [0, 0.1) is 0 Å². The highest BCUT2D eigenvalue weighted by atomic mass is 19.4. The fourth-order valence-corrected chi connectivity index (χ4v) is 2.76. The SMILES string of the molecule is NCC=C(F)Cn1cnc2c(-c3cnn(CCO)c3)cc(C(F)(F)F)cc21. The Bertz CT molecular complexity index is 974. The molecule has 0 aliphatic carbocycles. The molecule has 0 spiro atoms. The monoisotopic (exact) mass is 383 g/mol. The van der Waals surface area contributed by atoms with E-state index in [0.717, 1.165) is 18.2 Å². The Labute approximate surface area is 151 Å². The summed E-state index contributed by atoms with van der Waals surface area (Å²) in [5.41, 5.74) is 5.49. The third-order valence-corrected chi connectivity index (χ3v) is 3.99. The van der Waals surface area contributed by atoms with Gasteiger partial charge in [0.2, 0.25) is 0 Å². The Hall–Kier alpha value is -2.72. The molecule has 0 amide bonds. The fourth-order valence-electron chi connectivity index (χ4n) is 2.76. The van der Waals surface area contributed by atoms with Gasteiger partial charge in [-0.1, -0.05) is 0 Å². The van der Waals surface area contributed by atoms with Crippen LogP contribution in [0.5, 0.6) is 0 Å². The minimum atomic E-state index is -4.58. The lowest BCUT2D eigenvalue weighted by molar-refractivity contribution is -0.137. The van der Waals surface area contributed by atoms with Gasteiger partial charge in [0, 0.05) is 23.9 Å². The van der Waals surface area contributed by atoms with Gasteiger partial charge in [0.15, 0.2) is 0 Å². The molecule has 0 unspecified atom stereocenters. The first kappa shape index (κ1) is 19.1. The predicted molar refractivity (Wildman–Crippen MR) is 91.3 cm³/mol. The van der Waals surface area contributed by atoms with E-state index in [1.165, 1.54) is 28.0 Å². The third-order valence-electron chi connectivity index (χ3n) is 3.99. The number of nitrogens with two attached hydrogens (primary N) is 1. The summed E-state index contributed by atoms with van der Waals surface area (Å²) in [6, 6.07) is 1.94. The molecule has 3 rings (SSSR count). The first-order valence-corrected chi connectivity index (χ1v) is 8.08. The van der Waals surface area contributed by atoms with E-state index < -0.39 is 17.6 Å². The van der Waals surface area contributed by atoms with Gasteiger partial charge in [0.05, 0.1) is 48.8 Å². The predicted octanol–water partition coefficient (Wildman–Crippen LogP) is 2.72. The van der Waals surface area contributed by atoms with Crippen molar-refractivity contribution in [3.63, 3.8) is 0 Å². The maximum Gasteiger partial charge on any atom is 0.416 e. The van der Waals surface area contributed by atoms with E-state index in [-0.39, 0.29) is 37.3 Å². The number of rotatable bonds is 6. The average molecular weight is 383 g/mol. The lowest BCUT2D eigenvalue weighted by atomic mass is 10.0. The molecule has 0 bridgehead atoms. The normalized spacial score (nSPS) is 12.9. The van der Waals surface area contributed by atoms with Crippen molar-refractivity contribution >= 4 is 11.0 Å². The van der Waals surface area contributed by atoms with E-state index >= 15 is 0 Å². The molecule has 1 aromatic carbocycles. The van der Waals surface area contributed by atoms with Gasteiger partial charge >= 0.3 is 6.18 Å². The summed E-state index contributed by atoms with van der Waals surface area (Å²) >= 11 is 0. The number of nitrogens with zero attached hydrogens (tertiary/aromatic N) is 4. The van der Waals surface area contributed by atoms with Crippen molar-refractivity contribution in [3.05, 3.63) is 48.3 Å². The molecular weight excluding hydrogens is 366 g/mol. The van der Waals surface area contributed by atoms with Crippen molar-refractivity contribution in [2.45, 2.75) is 19.3 Å². The van der Waals surface area contributed by atoms with Crippen molar-refractivity contribution in [1.82, 2.24) is 19.3 Å². The maximum absolute atomic E-state index is 13.8. The Morgan fingerprint density at radius 1 is 1.30 bits per heavy atom. The van der Waals surface area contributed by atoms with E-state index in [0.29, 0.717) is 11.1 Å². The van der Waals surface area contributed by atoms with Crippen molar-refractivity contribution in [2.75, 3.05) is 13.2 Å². The number of fused-ring (bicyclic) bond motifs is 1. The smallest absolute Gasteiger partial charge is 0.394 e. The number of aliphatic hydroxyl groups excluding tert-OH is 1. The molecule has 3 aromatic rings. The molecule has 0 aliphatic heterocycles. The van der Waals surface area contributed by atoms with Crippen LogP contribution < -0.4 is 5.73 Å². The largest absolute Gasteiger partial charge is 0.416 e. The fraction of sp³-hybridized carbons (Fsp3) is 0.294. The second kappa shape index (κ2) is 7.49. The van der Waals surface area contributed by atoms with E-state index in [1.807, 2.05) is 0 Å². The van der Waals surface area contributed by atoms with E-state index in [2.05, 4.69) is 10.1 Å². The van der Waals surface area contributed by atoms with Gasteiger partial charge in [-0.05, 0) is 18.2 Å². The van der Waals surface area contributed by atoms with Crippen LogP contribution in [0.3, 0.4) is 0 Å². The van der Waals surface area contributed by atoms with Gasteiger partial charge in [-0.15, -0.1) is 0 Å². The molecule has 6 nitrogen and oxygen atoms in total. The number of halogens is 4. The molecule has 27 heavy (non-hydrogen) atoms. The highest BCUT2D eigenvalue weighted by Crippen LogP contribution is 2.36. The van der Waals surface area contributed by atoms with Gasteiger partial charge in [0.25, 0.3) is 0 Å². The quantitative estimate of drug-likeness (QED) is 0.642. The number of hydrogen-bond donors (Lipinski definition) is 2. The first-order valence-electron chi connectivity index (χ1n) is 8.08. The Kier molecular flexibility index (Phi) is 5.29. The summed E-state index contributed by atoms with van der Waals surface area (Å²) < 4.78 is 56.7. The number of alkyl halides is 3. The van der Waals surface area contributed by atoms with Crippen LogP contribution in [-0.4, -0.2) is 37.6 Å².